The molecule has 3 rings (SSSR count). The van der Waals surface area contributed by atoms with Gasteiger partial charge in [0.25, 0.3) is 10.2 Å². The first-order chi connectivity index (χ1) is 15.4. The molecule has 0 unspecified atom stereocenters. The zero-order valence-corrected chi connectivity index (χ0v) is 20.3. The smallest absolute Gasteiger partial charge is 0.477 e. The number of sulfonamides is 1. The summed E-state index contributed by atoms with van der Waals surface area (Å²) in [5.74, 6) is -3.90. The average molecular weight is 552 g/mol. The van der Waals surface area contributed by atoms with Gasteiger partial charge in [-0.1, -0.05) is 6.92 Å². The zero-order chi connectivity index (χ0) is 25.8. The highest BCUT2D eigenvalue weighted by atomic mass is 32.2. The molecule has 0 aliphatic carbocycles. The number of nitrogens with one attached hydrogen (secondary N) is 3. The number of nitrogens with two attached hydrogens (primary N) is 1. The third-order valence-corrected chi connectivity index (χ3v) is 9.35. The number of fused-ring (bicyclic) bond motifs is 1. The largest absolute Gasteiger partial charge is 0.511 e. The number of thioether (sulfide) groups is 1. The number of rotatable bonds is 9. The van der Waals surface area contributed by atoms with E-state index in [1.807, 2.05) is 0 Å². The van der Waals surface area contributed by atoms with Crippen molar-refractivity contribution in [1.82, 2.24) is 19.7 Å². The van der Waals surface area contributed by atoms with E-state index in [-0.39, 0.29) is 23.5 Å². The van der Waals surface area contributed by atoms with Crippen molar-refractivity contribution in [3.63, 3.8) is 0 Å². The minimum absolute atomic E-state index is 0.0302. The van der Waals surface area contributed by atoms with Crippen LogP contribution in [0.4, 0.5) is 13.2 Å². The summed E-state index contributed by atoms with van der Waals surface area (Å²) in [6.07, 6.45) is 0.458. The summed E-state index contributed by atoms with van der Waals surface area (Å²) in [4.78, 5) is 26.0. The number of carbonyl (C=O) groups is 2. The van der Waals surface area contributed by atoms with E-state index in [0.717, 1.165) is 11.8 Å². The second-order valence-corrected chi connectivity index (χ2v) is 12.8. The van der Waals surface area contributed by atoms with Crippen LogP contribution in [0, 0.1) is 11.8 Å². The van der Waals surface area contributed by atoms with Gasteiger partial charge in [-0.2, -0.15) is 21.6 Å². The third-order valence-electron chi connectivity index (χ3n) is 5.98. The molecule has 1 amide bonds. The third kappa shape index (κ3) is 5.21. The Hall–Kier alpha value is -1.44. The monoisotopic (exact) mass is 551 g/mol. The number of nitrogens with zero attached hydrogens (tertiary/aromatic N) is 1. The van der Waals surface area contributed by atoms with Crippen molar-refractivity contribution in [2.24, 2.45) is 17.0 Å². The number of aliphatic carboxylic acids is 1. The highest BCUT2D eigenvalue weighted by Crippen LogP contribution is 2.52. The van der Waals surface area contributed by atoms with E-state index in [2.05, 4.69) is 10.0 Å². The van der Waals surface area contributed by atoms with Crippen molar-refractivity contribution < 1.29 is 44.7 Å². The predicted molar refractivity (Wildman–Crippen MR) is 114 cm³/mol. The highest BCUT2D eigenvalue weighted by Gasteiger charge is 2.61. The second kappa shape index (κ2) is 9.21. The molecule has 0 aromatic rings. The summed E-state index contributed by atoms with van der Waals surface area (Å²) in [6, 6.07) is -2.49. The lowest BCUT2D eigenvalue weighted by Crippen LogP contribution is -2.66. The van der Waals surface area contributed by atoms with E-state index >= 15 is 0 Å². The fourth-order valence-electron chi connectivity index (χ4n) is 4.51. The first-order valence-corrected chi connectivity index (χ1v) is 13.9. The van der Waals surface area contributed by atoms with Gasteiger partial charge in [-0.25, -0.2) is 27.8 Å². The minimum Gasteiger partial charge on any atom is -0.477 e. The van der Waals surface area contributed by atoms with Crippen LogP contribution in [0.5, 0.6) is 0 Å². The number of alkyl halides is 3. The fraction of sp³-hybridized carbons (Fsp3) is 0.750. The van der Waals surface area contributed by atoms with Gasteiger partial charge >= 0.3 is 21.5 Å². The van der Waals surface area contributed by atoms with Gasteiger partial charge in [0.1, 0.15) is 5.70 Å². The van der Waals surface area contributed by atoms with Crippen LogP contribution in [0.1, 0.15) is 20.3 Å². The fourth-order valence-corrected chi connectivity index (χ4v) is 7.23. The summed E-state index contributed by atoms with van der Waals surface area (Å²) in [5, 5.41) is 17.6. The highest BCUT2D eigenvalue weighted by molar-refractivity contribution is 8.03. The number of carboxylic acids is 1. The quantitative estimate of drug-likeness (QED) is 0.220. The van der Waals surface area contributed by atoms with Crippen molar-refractivity contribution in [1.29, 1.82) is 0 Å². The van der Waals surface area contributed by atoms with Crippen LogP contribution >= 0.6 is 11.8 Å². The molecule has 2 saturated heterocycles. The first-order valence-electron chi connectivity index (χ1n) is 10.0. The van der Waals surface area contributed by atoms with Crippen molar-refractivity contribution in [3.05, 3.63) is 10.6 Å². The Morgan fingerprint density at radius 1 is 1.35 bits per heavy atom. The average Bonchev–Trinajstić information content (AvgIpc) is 3.20. The van der Waals surface area contributed by atoms with Gasteiger partial charge < -0.3 is 15.3 Å². The summed E-state index contributed by atoms with van der Waals surface area (Å²) in [5.41, 5.74) is -5.83. The maximum atomic E-state index is 12.7. The predicted octanol–water partition coefficient (Wildman–Crippen LogP) is -1.16. The van der Waals surface area contributed by atoms with Crippen LogP contribution < -0.4 is 19.9 Å². The van der Waals surface area contributed by atoms with E-state index in [4.69, 9.17) is 5.14 Å². The van der Waals surface area contributed by atoms with E-state index in [9.17, 15) is 44.7 Å². The maximum Gasteiger partial charge on any atom is 0.511 e. The topological polar surface area (TPSA) is 188 Å². The molecule has 34 heavy (non-hydrogen) atoms. The van der Waals surface area contributed by atoms with Crippen LogP contribution in [-0.4, -0.2) is 80.7 Å². The Balaban J connectivity index is 1.74. The van der Waals surface area contributed by atoms with Gasteiger partial charge in [-0.15, -0.1) is 11.8 Å². The standard InChI is InChI=1S/C16H24F3N5O7S3/c1-6-11-10(7(2)23-33(28,29)16(17,18)19)14(25)24(11)12(15(26)27)13(6)32-9-3-8(21-5-9)4-22-34(20,30)31/h6-11,21-23H,3-5H2,1-2H3,(H,26,27)(H2,20,30,31)/t6-,7-,8+,9+,10-,11-/m1/s1. The van der Waals surface area contributed by atoms with Crippen LogP contribution in [-0.2, 0) is 29.8 Å². The summed E-state index contributed by atoms with van der Waals surface area (Å²) in [7, 11) is -9.57. The number of halogens is 3. The first kappa shape index (κ1) is 27.2. The zero-order valence-electron chi connectivity index (χ0n) is 17.9. The number of carboxylic acid groups (broad SMARTS) is 1. The van der Waals surface area contributed by atoms with Crippen LogP contribution in [0.25, 0.3) is 0 Å². The number of hydrogen-bond acceptors (Lipinski definition) is 8. The normalized spacial score (nSPS) is 30.9. The van der Waals surface area contributed by atoms with Gasteiger partial charge in [-0.3, -0.25) is 4.79 Å². The molecule has 6 N–H and O–H groups in total. The summed E-state index contributed by atoms with van der Waals surface area (Å²) < 4.78 is 87.0. The molecular weight excluding hydrogens is 527 g/mol. The number of amides is 1. The second-order valence-electron chi connectivity index (χ2n) is 8.36. The molecule has 18 heteroatoms. The van der Waals surface area contributed by atoms with Gasteiger partial charge in [0.05, 0.1) is 12.0 Å². The van der Waals surface area contributed by atoms with Crippen LogP contribution in [0.2, 0.25) is 0 Å². The molecule has 0 bridgehead atoms. The molecule has 0 aromatic heterocycles. The molecule has 0 aromatic carbocycles. The van der Waals surface area contributed by atoms with E-state index < -0.39 is 61.5 Å². The maximum absolute atomic E-state index is 12.7. The van der Waals surface area contributed by atoms with E-state index in [1.54, 1.807) is 6.92 Å². The molecular formula is C16H24F3N5O7S3. The molecule has 6 atom stereocenters. The van der Waals surface area contributed by atoms with E-state index in [1.165, 1.54) is 16.5 Å². The minimum atomic E-state index is -5.69. The van der Waals surface area contributed by atoms with Crippen LogP contribution in [0.15, 0.2) is 10.6 Å². The lowest BCUT2D eigenvalue weighted by atomic mass is 9.78. The van der Waals surface area contributed by atoms with Crippen molar-refractivity contribution >= 4 is 43.9 Å². The Morgan fingerprint density at radius 2 is 1.97 bits per heavy atom. The Kier molecular flexibility index (Phi) is 7.36. The van der Waals surface area contributed by atoms with Gasteiger partial charge in [0.15, 0.2) is 0 Å². The number of β-lactam (4-membered cyclic amide) rings is 1. The molecule has 0 saturated carbocycles. The number of carbonyl (C=O) groups excluding carboxylic acids is 1. The van der Waals surface area contributed by atoms with Crippen molar-refractivity contribution in [2.75, 3.05) is 13.1 Å². The Labute approximate surface area is 198 Å². The molecule has 3 aliphatic rings. The lowest BCUT2D eigenvalue weighted by Gasteiger charge is -2.47. The summed E-state index contributed by atoms with van der Waals surface area (Å²) in [6.45, 7) is 3.20. The SMILES string of the molecule is C[C@@H](NS(=O)(=O)C(F)(F)F)[C@H]1C(=O)N2C(C(=O)O)=C(S[C@@H]3CN[C@H](CNS(N)(=O)=O)C3)[C@H](C)[C@H]12. The van der Waals surface area contributed by atoms with Crippen LogP contribution in [0.3, 0.4) is 0 Å². The van der Waals surface area contributed by atoms with Crippen molar-refractivity contribution in [3.8, 4) is 0 Å². The van der Waals surface area contributed by atoms with E-state index in [0.29, 0.717) is 17.9 Å². The van der Waals surface area contributed by atoms with Gasteiger partial charge in [0.2, 0.25) is 5.91 Å². The molecule has 194 valence electrons. The molecule has 3 heterocycles. The molecule has 12 nitrogen and oxygen atoms in total. The molecule has 0 radical (unpaired) electrons. The number of hydrogen-bond donors (Lipinski definition) is 5. The van der Waals surface area contributed by atoms with Gasteiger partial charge in [0, 0.05) is 41.2 Å². The lowest BCUT2D eigenvalue weighted by molar-refractivity contribution is -0.158. The van der Waals surface area contributed by atoms with Gasteiger partial charge in [-0.05, 0) is 13.3 Å². The summed E-state index contributed by atoms with van der Waals surface area (Å²) >= 11 is 1.19. The molecule has 3 aliphatic heterocycles. The molecule has 0 spiro atoms. The van der Waals surface area contributed by atoms with Crippen molar-refractivity contribution in [2.45, 2.75) is 49.2 Å². The molecule has 2 fully saturated rings. The Morgan fingerprint density at radius 3 is 2.50 bits per heavy atom. The Bertz CT molecular complexity index is 1110.